The Kier molecular flexibility index (Phi) is 6.86. The molecule has 3 aromatic rings. The molecule has 0 bridgehead atoms. The van der Waals surface area contributed by atoms with Crippen LogP contribution in [0.5, 0.6) is 11.5 Å². The average molecular weight is 430 g/mol. The van der Waals surface area contributed by atoms with Crippen LogP contribution in [0.3, 0.4) is 0 Å². The quantitative estimate of drug-likeness (QED) is 0.556. The molecule has 0 aliphatic carbocycles. The number of benzene rings is 2. The zero-order chi connectivity index (χ0) is 22.4. The summed E-state index contributed by atoms with van der Waals surface area (Å²) in [5, 5.41) is 5.21. The van der Waals surface area contributed by atoms with Crippen LogP contribution >= 0.6 is 0 Å². The maximum Gasteiger partial charge on any atom is 0.387 e. The summed E-state index contributed by atoms with van der Waals surface area (Å²) in [6.45, 7) is -1.48. The maximum atomic E-state index is 12.8. The molecule has 0 spiro atoms. The summed E-state index contributed by atoms with van der Waals surface area (Å²) in [6.07, 6.45) is 2.62. The minimum absolute atomic E-state index is 0.0422. The first kappa shape index (κ1) is 21.8. The third-order valence-corrected chi connectivity index (χ3v) is 4.39. The van der Waals surface area contributed by atoms with E-state index in [1.807, 2.05) is 0 Å². The van der Waals surface area contributed by atoms with E-state index in [4.69, 9.17) is 9.15 Å². The van der Waals surface area contributed by atoms with Crippen LogP contribution in [0.1, 0.15) is 17.3 Å². The van der Waals surface area contributed by atoms with E-state index >= 15 is 0 Å². The number of furan rings is 1. The highest BCUT2D eigenvalue weighted by atomic mass is 19.3. The van der Waals surface area contributed by atoms with Crippen LogP contribution < -0.4 is 20.1 Å². The molecule has 0 radical (unpaired) electrons. The predicted molar refractivity (Wildman–Crippen MR) is 109 cm³/mol. The third-order valence-electron chi connectivity index (χ3n) is 4.39. The Morgan fingerprint density at radius 2 is 1.81 bits per heavy atom. The second-order valence-electron chi connectivity index (χ2n) is 6.51. The number of carbonyl (C=O) groups is 2. The van der Waals surface area contributed by atoms with Gasteiger partial charge < -0.3 is 24.5 Å². The lowest BCUT2D eigenvalue weighted by atomic mass is 10.0. The number of halogens is 2. The van der Waals surface area contributed by atoms with Gasteiger partial charge >= 0.3 is 6.61 Å². The van der Waals surface area contributed by atoms with Crippen molar-refractivity contribution < 1.29 is 32.3 Å². The van der Waals surface area contributed by atoms with E-state index in [0.717, 1.165) is 0 Å². The standard InChI is InChI=1S/C22H20F2N2O5/c1-13(25-21(28)15-9-10-30-12-15)20(27)26-16-5-8-19(31-22(23)24)18(11-16)14-3-6-17(29-2)7-4-14/h3-13,22H,1-2H3,(H,25,28)(H,26,27). The van der Waals surface area contributed by atoms with Gasteiger partial charge in [0.2, 0.25) is 5.91 Å². The van der Waals surface area contributed by atoms with Crippen molar-refractivity contribution in [1.82, 2.24) is 5.32 Å². The Labute approximate surface area is 177 Å². The van der Waals surface area contributed by atoms with Crippen LogP contribution in [-0.2, 0) is 4.79 Å². The van der Waals surface area contributed by atoms with Gasteiger partial charge in [-0.15, -0.1) is 0 Å². The summed E-state index contributed by atoms with van der Waals surface area (Å²) in [5.41, 5.74) is 1.58. The molecule has 0 saturated carbocycles. The number of rotatable bonds is 8. The van der Waals surface area contributed by atoms with Crippen LogP contribution in [-0.4, -0.2) is 31.6 Å². The first-order valence-electron chi connectivity index (χ1n) is 9.24. The number of hydrogen-bond acceptors (Lipinski definition) is 5. The van der Waals surface area contributed by atoms with Gasteiger partial charge in [0, 0.05) is 11.3 Å². The van der Waals surface area contributed by atoms with Crippen molar-refractivity contribution in [3.63, 3.8) is 0 Å². The van der Waals surface area contributed by atoms with E-state index in [2.05, 4.69) is 15.4 Å². The Morgan fingerprint density at radius 3 is 2.42 bits per heavy atom. The molecule has 1 heterocycles. The summed E-state index contributed by atoms with van der Waals surface area (Å²) in [5.74, 6) is -0.387. The zero-order valence-electron chi connectivity index (χ0n) is 16.7. The number of alkyl halides is 2. The number of hydrogen-bond donors (Lipinski definition) is 2. The Morgan fingerprint density at radius 1 is 1.06 bits per heavy atom. The van der Waals surface area contributed by atoms with E-state index in [0.29, 0.717) is 22.6 Å². The Hall–Kier alpha value is -3.88. The number of anilines is 1. The van der Waals surface area contributed by atoms with E-state index in [1.54, 1.807) is 24.3 Å². The Bertz CT molecular complexity index is 1040. The largest absolute Gasteiger partial charge is 0.497 e. The lowest BCUT2D eigenvalue weighted by molar-refractivity contribution is -0.117. The lowest BCUT2D eigenvalue weighted by Crippen LogP contribution is -2.41. The van der Waals surface area contributed by atoms with Crippen molar-refractivity contribution in [2.75, 3.05) is 12.4 Å². The maximum absolute atomic E-state index is 12.8. The Balaban J connectivity index is 1.79. The SMILES string of the molecule is COc1ccc(-c2cc(NC(=O)C(C)NC(=O)c3ccoc3)ccc2OC(F)F)cc1. The normalized spacial score (nSPS) is 11.6. The monoisotopic (exact) mass is 430 g/mol. The fourth-order valence-electron chi connectivity index (χ4n) is 2.79. The molecule has 31 heavy (non-hydrogen) atoms. The minimum atomic E-state index is -3.00. The van der Waals surface area contributed by atoms with Crippen LogP contribution in [0.25, 0.3) is 11.1 Å². The van der Waals surface area contributed by atoms with Crippen LogP contribution in [0.2, 0.25) is 0 Å². The van der Waals surface area contributed by atoms with Gasteiger partial charge in [0.1, 0.15) is 23.8 Å². The highest BCUT2D eigenvalue weighted by Gasteiger charge is 2.19. The second kappa shape index (κ2) is 9.75. The summed E-state index contributed by atoms with van der Waals surface area (Å²) in [6, 6.07) is 11.6. The van der Waals surface area contributed by atoms with Gasteiger partial charge in [0.15, 0.2) is 0 Å². The predicted octanol–water partition coefficient (Wildman–Crippen LogP) is 4.31. The highest BCUT2D eigenvalue weighted by molar-refractivity contribution is 6.01. The van der Waals surface area contributed by atoms with Gasteiger partial charge in [-0.25, -0.2) is 0 Å². The van der Waals surface area contributed by atoms with Crippen molar-refractivity contribution in [2.45, 2.75) is 19.6 Å². The number of carbonyl (C=O) groups excluding carboxylic acids is 2. The number of amides is 2. The fourth-order valence-corrected chi connectivity index (χ4v) is 2.79. The average Bonchev–Trinajstić information content (AvgIpc) is 3.29. The zero-order valence-corrected chi connectivity index (χ0v) is 16.7. The molecule has 1 aromatic heterocycles. The summed E-state index contributed by atoms with van der Waals surface area (Å²) in [4.78, 5) is 24.6. The van der Waals surface area contributed by atoms with Crippen molar-refractivity contribution in [1.29, 1.82) is 0 Å². The molecule has 2 N–H and O–H groups in total. The molecule has 0 saturated heterocycles. The topological polar surface area (TPSA) is 89.8 Å². The molecule has 2 amide bonds. The molecule has 3 rings (SSSR count). The molecule has 0 aliphatic heterocycles. The van der Waals surface area contributed by atoms with Gasteiger partial charge in [-0.05, 0) is 48.9 Å². The summed E-state index contributed by atoms with van der Waals surface area (Å²) >= 11 is 0. The van der Waals surface area contributed by atoms with Gasteiger partial charge in [-0.3, -0.25) is 9.59 Å². The number of methoxy groups -OCH3 is 1. The fraction of sp³-hybridized carbons (Fsp3) is 0.182. The smallest absolute Gasteiger partial charge is 0.387 e. The number of nitrogens with one attached hydrogen (secondary N) is 2. The molecule has 1 unspecified atom stereocenters. The van der Waals surface area contributed by atoms with Gasteiger partial charge in [0.05, 0.1) is 18.9 Å². The van der Waals surface area contributed by atoms with Crippen LogP contribution in [0.4, 0.5) is 14.5 Å². The van der Waals surface area contributed by atoms with Crippen molar-refractivity contribution in [3.05, 3.63) is 66.6 Å². The first-order chi connectivity index (χ1) is 14.9. The molecular weight excluding hydrogens is 410 g/mol. The van der Waals surface area contributed by atoms with Crippen molar-refractivity contribution in [2.24, 2.45) is 0 Å². The van der Waals surface area contributed by atoms with Gasteiger partial charge in [0.25, 0.3) is 5.91 Å². The van der Waals surface area contributed by atoms with Crippen LogP contribution in [0, 0.1) is 0 Å². The molecule has 9 heteroatoms. The van der Waals surface area contributed by atoms with E-state index in [1.165, 1.54) is 50.8 Å². The second-order valence-corrected chi connectivity index (χ2v) is 6.51. The summed E-state index contributed by atoms with van der Waals surface area (Å²) in [7, 11) is 1.52. The molecule has 0 fully saturated rings. The van der Waals surface area contributed by atoms with Crippen molar-refractivity contribution >= 4 is 17.5 Å². The molecule has 0 aliphatic rings. The molecule has 1 atom stereocenters. The van der Waals surface area contributed by atoms with E-state index in [-0.39, 0.29) is 11.3 Å². The minimum Gasteiger partial charge on any atom is -0.497 e. The van der Waals surface area contributed by atoms with Gasteiger partial charge in [-0.1, -0.05) is 12.1 Å². The highest BCUT2D eigenvalue weighted by Crippen LogP contribution is 2.34. The lowest BCUT2D eigenvalue weighted by Gasteiger charge is -2.16. The molecule has 162 valence electrons. The van der Waals surface area contributed by atoms with Crippen LogP contribution in [0.15, 0.2) is 65.5 Å². The van der Waals surface area contributed by atoms with E-state index < -0.39 is 24.5 Å². The molecule has 7 nitrogen and oxygen atoms in total. The first-order valence-corrected chi connectivity index (χ1v) is 9.24. The molecular formula is C22H20F2N2O5. The summed E-state index contributed by atoms with van der Waals surface area (Å²) < 4.78 is 40.2. The van der Waals surface area contributed by atoms with Crippen molar-refractivity contribution in [3.8, 4) is 22.6 Å². The van der Waals surface area contributed by atoms with Gasteiger partial charge in [-0.2, -0.15) is 8.78 Å². The number of ether oxygens (including phenoxy) is 2. The van der Waals surface area contributed by atoms with E-state index in [9.17, 15) is 18.4 Å². The third kappa shape index (κ3) is 5.59. The molecule has 2 aromatic carbocycles.